The number of anilines is 1. The monoisotopic (exact) mass is 399 g/mol. The highest BCUT2D eigenvalue weighted by Gasteiger charge is 2.23. The molecule has 3 N–H and O–H groups in total. The van der Waals surface area contributed by atoms with E-state index < -0.39 is 0 Å². The van der Waals surface area contributed by atoms with Gasteiger partial charge < -0.3 is 11.1 Å². The number of carbonyl (C=O) groups is 1. The highest BCUT2D eigenvalue weighted by Crippen LogP contribution is 2.32. The van der Waals surface area contributed by atoms with Crippen molar-refractivity contribution in [2.75, 3.05) is 25.0 Å². The van der Waals surface area contributed by atoms with Gasteiger partial charge in [0.15, 0.2) is 0 Å². The first-order valence-corrected chi connectivity index (χ1v) is 8.53. The maximum absolute atomic E-state index is 12.3. The molecule has 0 spiro atoms. The second-order valence-corrected chi connectivity index (χ2v) is 6.71. The predicted molar refractivity (Wildman–Crippen MR) is 100 cm³/mol. The van der Waals surface area contributed by atoms with Crippen LogP contribution in [0.3, 0.4) is 0 Å². The lowest BCUT2D eigenvalue weighted by Gasteiger charge is -2.35. The zero-order valence-electron chi connectivity index (χ0n) is 12.7. The minimum atomic E-state index is -0.107. The molecular formula is C15H21Cl4N3O. The number of benzene rings is 1. The summed E-state index contributed by atoms with van der Waals surface area (Å²) in [4.78, 5) is 14.5. The minimum Gasteiger partial charge on any atom is -0.330 e. The summed E-state index contributed by atoms with van der Waals surface area (Å²) in [5.41, 5.74) is 6.13. The van der Waals surface area contributed by atoms with Crippen molar-refractivity contribution in [3.63, 3.8) is 0 Å². The third-order valence-corrected chi connectivity index (χ3v) is 4.91. The number of hydrogen-bond donors (Lipinski definition) is 2. The van der Waals surface area contributed by atoms with Crippen molar-refractivity contribution in [2.24, 2.45) is 5.73 Å². The highest BCUT2D eigenvalue weighted by atomic mass is 35.5. The van der Waals surface area contributed by atoms with Crippen LogP contribution in [0.25, 0.3) is 0 Å². The number of halogens is 4. The Morgan fingerprint density at radius 3 is 2.61 bits per heavy atom. The summed E-state index contributed by atoms with van der Waals surface area (Å²) in [6, 6.07) is 3.48. The molecular weight excluding hydrogens is 380 g/mol. The van der Waals surface area contributed by atoms with Crippen LogP contribution < -0.4 is 11.1 Å². The van der Waals surface area contributed by atoms with E-state index in [1.54, 1.807) is 6.07 Å². The van der Waals surface area contributed by atoms with Crippen LogP contribution in [0.15, 0.2) is 12.1 Å². The molecule has 0 aromatic heterocycles. The van der Waals surface area contributed by atoms with Crippen LogP contribution in [-0.2, 0) is 4.79 Å². The number of amides is 1. The zero-order chi connectivity index (χ0) is 16.1. The number of nitrogens with two attached hydrogens (primary N) is 1. The van der Waals surface area contributed by atoms with E-state index in [0.29, 0.717) is 39.9 Å². The Balaban J connectivity index is 0.00000264. The highest BCUT2D eigenvalue weighted by molar-refractivity contribution is 6.44. The lowest BCUT2D eigenvalue weighted by atomic mass is 9.99. The van der Waals surface area contributed by atoms with Crippen LogP contribution >= 0.6 is 47.2 Å². The van der Waals surface area contributed by atoms with Gasteiger partial charge >= 0.3 is 0 Å². The van der Waals surface area contributed by atoms with E-state index in [0.717, 1.165) is 25.8 Å². The van der Waals surface area contributed by atoms with E-state index >= 15 is 0 Å². The number of carbonyl (C=O) groups excluding carboxylic acids is 1. The molecule has 4 nitrogen and oxygen atoms in total. The number of rotatable bonds is 5. The number of nitrogens with one attached hydrogen (secondary N) is 1. The van der Waals surface area contributed by atoms with Gasteiger partial charge in [0.25, 0.3) is 0 Å². The van der Waals surface area contributed by atoms with Crippen molar-refractivity contribution < 1.29 is 4.79 Å². The second-order valence-electron chi connectivity index (χ2n) is 5.49. The maximum Gasteiger partial charge on any atom is 0.238 e. The average molecular weight is 401 g/mol. The number of nitrogens with zero attached hydrogens (tertiary/aromatic N) is 1. The van der Waals surface area contributed by atoms with Gasteiger partial charge in [-0.3, -0.25) is 9.69 Å². The van der Waals surface area contributed by atoms with Gasteiger partial charge in [-0.15, -0.1) is 12.4 Å². The third kappa shape index (κ3) is 5.96. The van der Waals surface area contributed by atoms with Gasteiger partial charge in [-0.2, -0.15) is 0 Å². The molecule has 1 heterocycles. The minimum absolute atomic E-state index is 0. The topological polar surface area (TPSA) is 58.4 Å². The van der Waals surface area contributed by atoms with E-state index in [2.05, 4.69) is 10.2 Å². The maximum atomic E-state index is 12.3. The van der Waals surface area contributed by atoms with Crippen LogP contribution in [0.5, 0.6) is 0 Å². The Labute approximate surface area is 158 Å². The molecule has 1 fully saturated rings. The number of likely N-dealkylation sites (tertiary alicyclic amines) is 1. The van der Waals surface area contributed by atoms with Crippen molar-refractivity contribution in [1.29, 1.82) is 0 Å². The molecule has 0 radical (unpaired) electrons. The summed E-state index contributed by atoms with van der Waals surface area (Å²) in [6.45, 7) is 1.90. The molecule has 23 heavy (non-hydrogen) atoms. The summed E-state index contributed by atoms with van der Waals surface area (Å²) >= 11 is 17.9. The van der Waals surface area contributed by atoms with Gasteiger partial charge in [0.1, 0.15) is 0 Å². The molecule has 1 aromatic carbocycles. The van der Waals surface area contributed by atoms with Crippen LogP contribution in [0.1, 0.15) is 25.7 Å². The summed E-state index contributed by atoms with van der Waals surface area (Å²) in [6.07, 6.45) is 4.32. The lowest BCUT2D eigenvalue weighted by molar-refractivity contribution is -0.118. The summed E-state index contributed by atoms with van der Waals surface area (Å²) < 4.78 is 0. The second kappa shape index (κ2) is 9.92. The van der Waals surface area contributed by atoms with Crippen molar-refractivity contribution in [3.05, 3.63) is 27.2 Å². The standard InChI is InChI=1S/C15H20Cl3N3O.ClH/c16-11-7-13(18)14(8-12(11)17)20-15(22)9-21-6-2-1-3-10(21)4-5-19;/h7-8,10H,1-6,9,19H2,(H,20,22);1H. The molecule has 1 aromatic rings. The van der Waals surface area contributed by atoms with Gasteiger partial charge in [0.2, 0.25) is 5.91 Å². The van der Waals surface area contributed by atoms with Crippen LogP contribution in [-0.4, -0.2) is 36.5 Å². The van der Waals surface area contributed by atoms with Gasteiger partial charge in [0, 0.05) is 6.04 Å². The van der Waals surface area contributed by atoms with Crippen LogP contribution in [0.2, 0.25) is 15.1 Å². The average Bonchev–Trinajstić information content (AvgIpc) is 2.47. The fourth-order valence-electron chi connectivity index (χ4n) is 2.78. The lowest BCUT2D eigenvalue weighted by Crippen LogP contribution is -2.44. The molecule has 2 rings (SSSR count). The predicted octanol–water partition coefficient (Wildman–Crippen LogP) is 4.21. The Morgan fingerprint density at radius 2 is 1.91 bits per heavy atom. The molecule has 1 atom stereocenters. The fraction of sp³-hybridized carbons (Fsp3) is 0.533. The molecule has 130 valence electrons. The molecule has 1 amide bonds. The van der Waals surface area contributed by atoms with Gasteiger partial charge in [-0.25, -0.2) is 0 Å². The van der Waals surface area contributed by atoms with E-state index in [4.69, 9.17) is 40.5 Å². The van der Waals surface area contributed by atoms with Gasteiger partial charge in [-0.05, 0) is 44.5 Å². The smallest absolute Gasteiger partial charge is 0.238 e. The summed E-state index contributed by atoms with van der Waals surface area (Å²) in [7, 11) is 0. The zero-order valence-corrected chi connectivity index (χ0v) is 15.7. The molecule has 8 heteroatoms. The SMILES string of the molecule is Cl.NCCC1CCCCN1CC(=O)Nc1cc(Cl)c(Cl)cc1Cl. The van der Waals surface area contributed by atoms with E-state index in [1.165, 1.54) is 12.5 Å². The Morgan fingerprint density at radius 1 is 1.22 bits per heavy atom. The van der Waals surface area contributed by atoms with Crippen LogP contribution in [0.4, 0.5) is 5.69 Å². The molecule has 1 unspecified atom stereocenters. The number of piperidine rings is 1. The molecule has 0 aliphatic carbocycles. The summed E-state index contributed by atoms with van der Waals surface area (Å²) in [5, 5.41) is 3.90. The van der Waals surface area contributed by atoms with Crippen molar-refractivity contribution in [3.8, 4) is 0 Å². The molecule has 1 aliphatic heterocycles. The number of hydrogen-bond acceptors (Lipinski definition) is 3. The molecule has 1 saturated heterocycles. The van der Waals surface area contributed by atoms with E-state index in [1.807, 2.05) is 0 Å². The Bertz CT molecular complexity index is 540. The summed E-state index contributed by atoms with van der Waals surface area (Å²) in [5.74, 6) is -0.107. The van der Waals surface area contributed by atoms with Gasteiger partial charge in [0.05, 0.1) is 27.3 Å². The largest absolute Gasteiger partial charge is 0.330 e. The quantitative estimate of drug-likeness (QED) is 0.727. The molecule has 0 saturated carbocycles. The van der Waals surface area contributed by atoms with Crippen molar-refractivity contribution in [1.82, 2.24) is 4.90 Å². The van der Waals surface area contributed by atoms with Crippen molar-refractivity contribution >= 4 is 58.8 Å². The Hall–Kier alpha value is -0.230. The van der Waals surface area contributed by atoms with Crippen LogP contribution in [0, 0.1) is 0 Å². The normalized spacial score (nSPS) is 18.3. The first-order chi connectivity index (χ1) is 10.5. The first-order valence-electron chi connectivity index (χ1n) is 7.39. The Kier molecular flexibility index (Phi) is 8.98. The third-order valence-electron chi connectivity index (χ3n) is 3.88. The van der Waals surface area contributed by atoms with E-state index in [9.17, 15) is 4.79 Å². The first kappa shape index (κ1) is 20.8. The molecule has 0 bridgehead atoms. The van der Waals surface area contributed by atoms with Gasteiger partial charge in [-0.1, -0.05) is 41.2 Å². The fourth-order valence-corrected chi connectivity index (χ4v) is 3.37. The van der Waals surface area contributed by atoms with Crippen molar-refractivity contribution in [2.45, 2.75) is 31.7 Å². The van der Waals surface area contributed by atoms with E-state index in [-0.39, 0.29) is 18.3 Å². The molecule has 1 aliphatic rings.